The number of rotatable bonds is 2. The first kappa shape index (κ1) is 17.2. The number of halogens is 5. The van der Waals surface area contributed by atoms with Gasteiger partial charge in [-0.15, -0.1) is 0 Å². The number of esters is 1. The molecule has 5 nitrogen and oxygen atoms in total. The number of hydrogen-bond acceptors (Lipinski definition) is 4. The zero-order valence-corrected chi connectivity index (χ0v) is 12.0. The summed E-state index contributed by atoms with van der Waals surface area (Å²) in [6.45, 7) is 2.32. The first-order chi connectivity index (χ1) is 9.04. The smallest absolute Gasteiger partial charge is 0.457 e. The van der Waals surface area contributed by atoms with Crippen molar-refractivity contribution in [3.05, 3.63) is 0 Å². The van der Waals surface area contributed by atoms with Gasteiger partial charge >= 0.3 is 18.1 Å². The largest absolute Gasteiger partial charge is 0.471 e. The van der Waals surface area contributed by atoms with E-state index in [-0.39, 0.29) is 0 Å². The number of alkyl halides is 5. The van der Waals surface area contributed by atoms with Crippen molar-refractivity contribution in [3.8, 4) is 0 Å². The Labute approximate surface area is 120 Å². The molecule has 1 aliphatic heterocycles. The molecule has 1 rings (SSSR count). The van der Waals surface area contributed by atoms with Gasteiger partial charge in [-0.2, -0.15) is 13.2 Å². The average Bonchev–Trinajstić information content (AvgIpc) is 2.28. The van der Waals surface area contributed by atoms with Crippen LogP contribution in [0.3, 0.4) is 0 Å². The minimum absolute atomic E-state index is 0.877. The molecule has 5 atom stereocenters. The highest BCUT2D eigenvalue weighted by molar-refractivity contribution is 9.09. The van der Waals surface area contributed by atoms with Crippen LogP contribution in [0.15, 0.2) is 0 Å². The van der Waals surface area contributed by atoms with Crippen LogP contribution in [0.1, 0.15) is 13.8 Å². The Morgan fingerprint density at radius 3 is 2.35 bits per heavy atom. The van der Waals surface area contributed by atoms with Gasteiger partial charge in [0.1, 0.15) is 5.01 Å². The van der Waals surface area contributed by atoms with Gasteiger partial charge < -0.3 is 14.8 Å². The SMILES string of the molecule is CC(=O)O[C@@H]1[C@@H](F)[C@@H](Br)O[C@H](C)[C@H]1NC(=O)C(F)(F)F. The van der Waals surface area contributed by atoms with E-state index >= 15 is 0 Å². The van der Waals surface area contributed by atoms with Gasteiger partial charge in [0.05, 0.1) is 12.1 Å². The monoisotopic (exact) mass is 365 g/mol. The molecular weight excluding hydrogens is 354 g/mol. The summed E-state index contributed by atoms with van der Waals surface area (Å²) in [6.07, 6.45) is -9.61. The van der Waals surface area contributed by atoms with Gasteiger partial charge in [0.25, 0.3) is 0 Å². The fourth-order valence-electron chi connectivity index (χ4n) is 1.74. The second-order valence-electron chi connectivity index (χ2n) is 4.21. The van der Waals surface area contributed by atoms with Crippen molar-refractivity contribution in [1.29, 1.82) is 0 Å². The third kappa shape index (κ3) is 4.05. The molecule has 0 radical (unpaired) electrons. The molecule has 20 heavy (non-hydrogen) atoms. The van der Waals surface area contributed by atoms with Crippen molar-refractivity contribution in [2.75, 3.05) is 0 Å². The average molecular weight is 366 g/mol. The summed E-state index contributed by atoms with van der Waals surface area (Å²) in [7, 11) is 0. The van der Waals surface area contributed by atoms with E-state index < -0.39 is 47.5 Å². The Morgan fingerprint density at radius 1 is 1.35 bits per heavy atom. The highest BCUT2D eigenvalue weighted by Gasteiger charge is 2.49. The minimum atomic E-state index is -5.13. The van der Waals surface area contributed by atoms with Gasteiger partial charge in [-0.25, -0.2) is 4.39 Å². The lowest BCUT2D eigenvalue weighted by atomic mass is 9.98. The van der Waals surface area contributed by atoms with Crippen molar-refractivity contribution < 1.29 is 36.6 Å². The van der Waals surface area contributed by atoms with Crippen molar-refractivity contribution in [2.24, 2.45) is 0 Å². The maximum absolute atomic E-state index is 13.9. The quantitative estimate of drug-likeness (QED) is 0.457. The predicted octanol–water partition coefficient (Wildman–Crippen LogP) is 1.44. The van der Waals surface area contributed by atoms with Crippen LogP contribution in [-0.4, -0.2) is 47.5 Å². The van der Waals surface area contributed by atoms with E-state index in [1.165, 1.54) is 6.92 Å². The van der Waals surface area contributed by atoms with Gasteiger partial charge in [-0.1, -0.05) is 15.9 Å². The number of nitrogens with one attached hydrogen (secondary N) is 1. The zero-order valence-electron chi connectivity index (χ0n) is 10.4. The molecule has 1 amide bonds. The maximum atomic E-state index is 13.9. The van der Waals surface area contributed by atoms with Crippen LogP contribution in [0.25, 0.3) is 0 Å². The second-order valence-corrected chi connectivity index (χ2v) is 5.11. The van der Waals surface area contributed by atoms with Crippen LogP contribution in [0.5, 0.6) is 0 Å². The molecule has 1 N–H and O–H groups in total. The van der Waals surface area contributed by atoms with E-state index in [4.69, 9.17) is 4.74 Å². The highest BCUT2D eigenvalue weighted by atomic mass is 79.9. The van der Waals surface area contributed by atoms with Gasteiger partial charge in [0.15, 0.2) is 12.3 Å². The fourth-order valence-corrected chi connectivity index (χ4v) is 2.38. The van der Waals surface area contributed by atoms with Crippen LogP contribution < -0.4 is 5.32 Å². The topological polar surface area (TPSA) is 64.6 Å². The number of amides is 1. The van der Waals surface area contributed by atoms with Crippen LogP contribution >= 0.6 is 15.9 Å². The molecule has 0 bridgehead atoms. The van der Waals surface area contributed by atoms with E-state index in [1.54, 1.807) is 5.32 Å². The van der Waals surface area contributed by atoms with Crippen LogP contribution in [0.4, 0.5) is 17.6 Å². The Hall–Kier alpha value is -0.900. The number of hydrogen-bond donors (Lipinski definition) is 1. The first-order valence-corrected chi connectivity index (χ1v) is 6.44. The zero-order chi connectivity index (χ0) is 15.7. The lowest BCUT2D eigenvalue weighted by Gasteiger charge is -2.40. The third-order valence-corrected chi connectivity index (χ3v) is 3.35. The van der Waals surface area contributed by atoms with E-state index in [2.05, 4.69) is 20.7 Å². The lowest BCUT2D eigenvalue weighted by Crippen LogP contribution is -2.63. The fraction of sp³-hybridized carbons (Fsp3) is 0.800. The van der Waals surface area contributed by atoms with Gasteiger partial charge in [-0.3, -0.25) is 9.59 Å². The normalized spacial score (nSPS) is 34.5. The maximum Gasteiger partial charge on any atom is 0.471 e. The Bertz CT molecular complexity index is 392. The van der Waals surface area contributed by atoms with Crippen LogP contribution in [-0.2, 0) is 19.1 Å². The molecule has 10 heteroatoms. The summed E-state index contributed by atoms with van der Waals surface area (Å²) in [4.78, 5) is 21.9. The molecule has 1 heterocycles. The molecule has 1 saturated heterocycles. The van der Waals surface area contributed by atoms with E-state index in [1.807, 2.05) is 0 Å². The summed E-state index contributed by atoms with van der Waals surface area (Å²) >= 11 is 2.83. The van der Waals surface area contributed by atoms with Crippen molar-refractivity contribution in [1.82, 2.24) is 5.32 Å². The van der Waals surface area contributed by atoms with E-state index in [9.17, 15) is 27.2 Å². The van der Waals surface area contributed by atoms with E-state index in [0.29, 0.717) is 0 Å². The summed E-state index contributed by atoms with van der Waals surface area (Å²) in [5.74, 6) is -3.13. The Balaban J connectivity index is 2.92. The summed E-state index contributed by atoms with van der Waals surface area (Å²) < 4.78 is 60.3. The van der Waals surface area contributed by atoms with Crippen molar-refractivity contribution in [2.45, 2.75) is 49.5 Å². The van der Waals surface area contributed by atoms with Crippen LogP contribution in [0.2, 0.25) is 0 Å². The molecule has 1 fully saturated rings. The van der Waals surface area contributed by atoms with Crippen LogP contribution in [0, 0.1) is 0 Å². The Kier molecular flexibility index (Phi) is 5.36. The molecule has 0 aromatic rings. The second kappa shape index (κ2) is 6.25. The minimum Gasteiger partial charge on any atom is -0.457 e. The highest BCUT2D eigenvalue weighted by Crippen LogP contribution is 2.29. The van der Waals surface area contributed by atoms with Crippen molar-refractivity contribution >= 4 is 27.8 Å². The van der Waals surface area contributed by atoms with Gasteiger partial charge in [-0.05, 0) is 6.92 Å². The Morgan fingerprint density at radius 2 is 1.90 bits per heavy atom. The number of carbonyl (C=O) groups excluding carboxylic acids is 2. The number of ether oxygens (including phenoxy) is 2. The molecule has 0 spiro atoms. The van der Waals surface area contributed by atoms with Gasteiger partial charge in [0.2, 0.25) is 0 Å². The number of carbonyl (C=O) groups is 2. The first-order valence-electron chi connectivity index (χ1n) is 5.52. The molecule has 0 aromatic carbocycles. The molecule has 0 saturated carbocycles. The summed E-state index contributed by atoms with van der Waals surface area (Å²) in [5, 5.41) is 0.436. The molecule has 116 valence electrons. The lowest BCUT2D eigenvalue weighted by molar-refractivity contribution is -0.186. The van der Waals surface area contributed by atoms with Crippen molar-refractivity contribution in [3.63, 3.8) is 0 Å². The molecule has 0 aliphatic carbocycles. The predicted molar refractivity (Wildman–Crippen MR) is 61.7 cm³/mol. The standard InChI is InChI=1S/C10H12BrF4NO4/c1-3-6(16-9(18)10(13,14)15)7(20-4(2)17)5(12)8(11)19-3/h3,5-8H,1-2H3,(H,16,18)/t3-,5-,6-,7-,8+/m1/s1. The third-order valence-electron chi connectivity index (χ3n) is 2.63. The molecular formula is C10H12BrF4NO4. The summed E-state index contributed by atoms with van der Waals surface area (Å²) in [5.41, 5.74) is 0. The van der Waals surface area contributed by atoms with E-state index in [0.717, 1.165) is 6.92 Å². The molecule has 0 unspecified atom stereocenters. The van der Waals surface area contributed by atoms with Gasteiger partial charge in [0, 0.05) is 6.92 Å². The molecule has 1 aliphatic rings. The molecule has 0 aromatic heterocycles. The summed E-state index contributed by atoms with van der Waals surface area (Å²) in [6, 6.07) is -1.45.